The molecule has 0 bridgehead atoms. The molecule has 190 valence electrons. The third-order valence-corrected chi connectivity index (χ3v) is 5.46. The number of hydrogen-bond acceptors (Lipinski definition) is 7. The summed E-state index contributed by atoms with van der Waals surface area (Å²) < 4.78 is 1.33. The first-order chi connectivity index (χ1) is 17.0. The first kappa shape index (κ1) is 25.5. The summed E-state index contributed by atoms with van der Waals surface area (Å²) in [5.74, 6) is -1.54. The number of oxime groups is 1. The summed E-state index contributed by atoms with van der Waals surface area (Å²) >= 11 is 0. The van der Waals surface area contributed by atoms with Crippen molar-refractivity contribution in [3.8, 4) is 0 Å². The third kappa shape index (κ3) is 5.35. The van der Waals surface area contributed by atoms with Gasteiger partial charge in [-0.1, -0.05) is 5.16 Å². The molecule has 15 heteroatoms. The first-order valence-corrected chi connectivity index (χ1v) is 10.6. The number of nitrogens with one attached hydrogen (secondary N) is 5. The number of aromatic nitrogens is 3. The minimum atomic E-state index is -0.596. The second-order valence-corrected chi connectivity index (χ2v) is 7.86. The van der Waals surface area contributed by atoms with Crippen LogP contribution in [0.1, 0.15) is 49.0 Å². The molecule has 15 nitrogen and oxygen atoms in total. The SMILES string of the molecule is Cc1c(NC(=O)c2[nH]cc(NC(=O)c3cc([N+](=O)[O-])cn3C)c2C)c[nH]c1C(=O)NCCC(N)=NO. The van der Waals surface area contributed by atoms with Gasteiger partial charge < -0.3 is 41.4 Å². The lowest BCUT2D eigenvalue weighted by atomic mass is 10.2. The Labute approximate surface area is 203 Å². The quantitative estimate of drug-likeness (QED) is 0.0755. The third-order valence-electron chi connectivity index (χ3n) is 5.46. The van der Waals surface area contributed by atoms with Gasteiger partial charge in [-0.25, -0.2) is 0 Å². The molecule has 36 heavy (non-hydrogen) atoms. The number of aromatic amines is 2. The zero-order chi connectivity index (χ0) is 26.6. The van der Waals surface area contributed by atoms with Gasteiger partial charge in [-0.3, -0.25) is 24.5 Å². The van der Waals surface area contributed by atoms with Crippen LogP contribution in [0.3, 0.4) is 0 Å². The van der Waals surface area contributed by atoms with Crippen LogP contribution in [0.25, 0.3) is 0 Å². The molecule has 0 radical (unpaired) electrons. The van der Waals surface area contributed by atoms with Crippen molar-refractivity contribution in [2.24, 2.45) is 17.9 Å². The molecule has 3 aromatic heterocycles. The van der Waals surface area contributed by atoms with E-state index >= 15 is 0 Å². The Kier molecular flexibility index (Phi) is 7.42. The molecular formula is C21H25N9O6. The molecule has 0 aliphatic rings. The van der Waals surface area contributed by atoms with Crippen LogP contribution < -0.4 is 21.7 Å². The highest BCUT2D eigenvalue weighted by atomic mass is 16.6. The fraction of sp³-hybridized carbons (Fsp3) is 0.238. The number of nitro groups is 1. The normalized spacial score (nSPS) is 11.2. The summed E-state index contributed by atoms with van der Waals surface area (Å²) in [5.41, 5.74) is 7.28. The maximum atomic E-state index is 12.8. The minimum Gasteiger partial charge on any atom is -0.409 e. The van der Waals surface area contributed by atoms with E-state index in [-0.39, 0.29) is 41.6 Å². The fourth-order valence-electron chi connectivity index (χ4n) is 3.41. The number of H-pyrrole nitrogens is 2. The van der Waals surface area contributed by atoms with E-state index in [4.69, 9.17) is 10.9 Å². The average Bonchev–Trinajstić information content (AvgIpc) is 3.51. The van der Waals surface area contributed by atoms with E-state index in [9.17, 15) is 24.5 Å². The number of aryl methyl sites for hydroxylation is 1. The smallest absolute Gasteiger partial charge is 0.287 e. The highest BCUT2D eigenvalue weighted by Gasteiger charge is 2.22. The summed E-state index contributed by atoms with van der Waals surface area (Å²) in [6, 6.07) is 1.16. The fourth-order valence-corrected chi connectivity index (χ4v) is 3.41. The zero-order valence-electron chi connectivity index (χ0n) is 19.6. The Morgan fingerprint density at radius 3 is 2.17 bits per heavy atom. The molecule has 0 aliphatic carbocycles. The van der Waals surface area contributed by atoms with Crippen LogP contribution in [0.2, 0.25) is 0 Å². The summed E-state index contributed by atoms with van der Waals surface area (Å²) in [4.78, 5) is 53.8. The Hall–Kier alpha value is -5.08. The second kappa shape index (κ2) is 10.5. The molecule has 0 aliphatic heterocycles. The predicted molar refractivity (Wildman–Crippen MR) is 129 cm³/mol. The van der Waals surface area contributed by atoms with Crippen molar-refractivity contribution >= 4 is 40.6 Å². The average molecular weight is 499 g/mol. The van der Waals surface area contributed by atoms with Crippen LogP contribution in [0, 0.1) is 24.0 Å². The molecule has 0 atom stereocenters. The minimum absolute atomic E-state index is 0.0201. The molecule has 0 spiro atoms. The largest absolute Gasteiger partial charge is 0.409 e. The zero-order valence-corrected chi connectivity index (χ0v) is 19.6. The van der Waals surface area contributed by atoms with Gasteiger partial charge in [-0.05, 0) is 13.8 Å². The summed E-state index contributed by atoms with van der Waals surface area (Å²) in [6.45, 7) is 3.43. The van der Waals surface area contributed by atoms with E-state index in [1.165, 1.54) is 30.2 Å². The molecular weight excluding hydrogens is 474 g/mol. The Morgan fingerprint density at radius 1 is 1.08 bits per heavy atom. The lowest BCUT2D eigenvalue weighted by Gasteiger charge is -2.07. The molecule has 3 rings (SSSR count). The van der Waals surface area contributed by atoms with Gasteiger partial charge in [0.1, 0.15) is 22.9 Å². The number of carbonyl (C=O) groups excluding carboxylic acids is 3. The van der Waals surface area contributed by atoms with Crippen LogP contribution in [0.5, 0.6) is 0 Å². The Bertz CT molecular complexity index is 1360. The number of nitrogens with zero attached hydrogens (tertiary/aromatic N) is 3. The lowest BCUT2D eigenvalue weighted by molar-refractivity contribution is -0.384. The van der Waals surface area contributed by atoms with Crippen molar-refractivity contribution in [3.05, 3.63) is 63.0 Å². The molecule has 3 amide bonds. The number of amides is 3. The molecule has 0 unspecified atom stereocenters. The van der Waals surface area contributed by atoms with Gasteiger partial charge in [0.25, 0.3) is 23.4 Å². The molecule has 0 aromatic carbocycles. The number of nitrogens with two attached hydrogens (primary N) is 1. The Morgan fingerprint density at radius 2 is 1.64 bits per heavy atom. The van der Waals surface area contributed by atoms with Crippen molar-refractivity contribution < 1.29 is 24.5 Å². The summed E-state index contributed by atoms with van der Waals surface area (Å²) in [6.07, 6.45) is 4.29. The Balaban J connectivity index is 1.67. The molecule has 3 heterocycles. The van der Waals surface area contributed by atoms with Crippen LogP contribution in [-0.2, 0) is 7.05 Å². The van der Waals surface area contributed by atoms with Crippen molar-refractivity contribution in [1.82, 2.24) is 19.9 Å². The summed E-state index contributed by atoms with van der Waals surface area (Å²) in [5, 5.41) is 30.3. The van der Waals surface area contributed by atoms with Crippen LogP contribution in [-0.4, -0.2) is 54.8 Å². The second-order valence-electron chi connectivity index (χ2n) is 7.86. The maximum absolute atomic E-state index is 12.8. The maximum Gasteiger partial charge on any atom is 0.287 e. The first-order valence-electron chi connectivity index (χ1n) is 10.6. The van der Waals surface area contributed by atoms with E-state index in [1.54, 1.807) is 13.8 Å². The number of carbonyl (C=O) groups is 3. The van der Waals surface area contributed by atoms with E-state index < -0.39 is 22.6 Å². The van der Waals surface area contributed by atoms with Crippen LogP contribution >= 0.6 is 0 Å². The van der Waals surface area contributed by atoms with E-state index in [0.717, 1.165) is 6.07 Å². The van der Waals surface area contributed by atoms with Crippen LogP contribution in [0.4, 0.5) is 17.1 Å². The van der Waals surface area contributed by atoms with E-state index in [0.29, 0.717) is 22.5 Å². The molecule has 0 saturated heterocycles. The number of rotatable bonds is 9. The topological polar surface area (TPSA) is 226 Å². The molecule has 3 aromatic rings. The predicted octanol–water partition coefficient (Wildman–Crippen LogP) is 1.58. The number of hydrogen-bond donors (Lipinski definition) is 7. The van der Waals surface area contributed by atoms with Crippen molar-refractivity contribution in [1.29, 1.82) is 0 Å². The van der Waals surface area contributed by atoms with Gasteiger partial charge in [0, 0.05) is 49.6 Å². The molecule has 0 fully saturated rings. The van der Waals surface area contributed by atoms with Gasteiger partial charge in [0.15, 0.2) is 0 Å². The number of amidine groups is 1. The summed E-state index contributed by atoms with van der Waals surface area (Å²) in [7, 11) is 1.51. The van der Waals surface area contributed by atoms with Crippen LogP contribution in [0.15, 0.2) is 29.8 Å². The monoisotopic (exact) mass is 499 g/mol. The van der Waals surface area contributed by atoms with E-state index in [2.05, 4.69) is 31.1 Å². The van der Waals surface area contributed by atoms with E-state index in [1.807, 2.05) is 0 Å². The molecule has 8 N–H and O–H groups in total. The lowest BCUT2D eigenvalue weighted by Crippen LogP contribution is -2.28. The van der Waals surface area contributed by atoms with Crippen molar-refractivity contribution in [3.63, 3.8) is 0 Å². The van der Waals surface area contributed by atoms with Gasteiger partial charge in [-0.15, -0.1) is 0 Å². The van der Waals surface area contributed by atoms with Crippen molar-refractivity contribution in [2.45, 2.75) is 20.3 Å². The standard InChI is InChI=1S/C21H25N9O6/c1-10-14(8-24-17(10)20(32)23-5-4-16(22)28-34)27-21(33)18-11(2)13(7-25-18)26-19(31)15-6-12(30(35)36)9-29(15)3/h6-9,24-25,34H,4-5H2,1-3H3,(H2,22,28)(H,23,32)(H,26,31)(H,27,33). The molecule has 0 saturated carbocycles. The van der Waals surface area contributed by atoms with Crippen molar-refractivity contribution in [2.75, 3.05) is 17.2 Å². The number of anilines is 2. The van der Waals surface area contributed by atoms with Gasteiger partial charge in [0.05, 0.1) is 22.5 Å². The van der Waals surface area contributed by atoms with Gasteiger partial charge in [0.2, 0.25) is 0 Å². The van der Waals surface area contributed by atoms with Gasteiger partial charge in [-0.2, -0.15) is 0 Å². The highest BCUT2D eigenvalue weighted by Crippen LogP contribution is 2.24. The van der Waals surface area contributed by atoms with Gasteiger partial charge >= 0.3 is 0 Å². The highest BCUT2D eigenvalue weighted by molar-refractivity contribution is 6.08.